The summed E-state index contributed by atoms with van der Waals surface area (Å²) in [5.41, 5.74) is 6.53. The highest BCUT2D eigenvalue weighted by molar-refractivity contribution is 5.96. The summed E-state index contributed by atoms with van der Waals surface area (Å²) >= 11 is 0. The first kappa shape index (κ1) is 15.5. The fraction of sp³-hybridized carbons (Fsp3) is 0.500. The molecule has 5 heteroatoms. The first-order chi connectivity index (χ1) is 10.2. The summed E-state index contributed by atoms with van der Waals surface area (Å²) in [6.45, 7) is 3.84. The molecule has 2 rings (SSSR count). The lowest BCUT2D eigenvalue weighted by atomic mass is 9.92. The standard InChI is InChI=1S/C16H21N3O2/c1-12(13-5-9-21-10-6-13)19-16(20)15-4-8-18-11-14(15)3-2-7-17/h4,8,11-13H,5-7,9-10,17H2,1H3,(H,19,20). The van der Waals surface area contributed by atoms with Crippen LogP contribution in [0.2, 0.25) is 0 Å². The second kappa shape index (κ2) is 7.77. The van der Waals surface area contributed by atoms with E-state index < -0.39 is 0 Å². The molecule has 0 aliphatic carbocycles. The zero-order valence-electron chi connectivity index (χ0n) is 12.3. The van der Waals surface area contributed by atoms with Gasteiger partial charge in [0.15, 0.2) is 0 Å². The quantitative estimate of drug-likeness (QED) is 0.811. The highest BCUT2D eigenvalue weighted by Crippen LogP contribution is 2.19. The van der Waals surface area contributed by atoms with E-state index in [2.05, 4.69) is 22.1 Å². The molecule has 1 aromatic rings. The van der Waals surface area contributed by atoms with Gasteiger partial charge in [0.2, 0.25) is 0 Å². The largest absolute Gasteiger partial charge is 0.381 e. The first-order valence-electron chi connectivity index (χ1n) is 7.24. The third-order valence-electron chi connectivity index (χ3n) is 3.72. The molecule has 1 unspecified atom stereocenters. The number of aromatic nitrogens is 1. The number of rotatable bonds is 3. The van der Waals surface area contributed by atoms with E-state index in [0.717, 1.165) is 26.1 Å². The van der Waals surface area contributed by atoms with Crippen LogP contribution in [-0.4, -0.2) is 36.7 Å². The molecular weight excluding hydrogens is 266 g/mol. The van der Waals surface area contributed by atoms with Gasteiger partial charge in [-0.25, -0.2) is 0 Å². The van der Waals surface area contributed by atoms with Crippen molar-refractivity contribution < 1.29 is 9.53 Å². The summed E-state index contributed by atoms with van der Waals surface area (Å²) in [7, 11) is 0. The van der Waals surface area contributed by atoms with Crippen LogP contribution in [0.5, 0.6) is 0 Å². The molecule has 1 amide bonds. The Morgan fingerprint density at radius 3 is 3.05 bits per heavy atom. The maximum Gasteiger partial charge on any atom is 0.252 e. The number of ether oxygens (including phenoxy) is 1. The number of nitrogens with zero attached hydrogens (tertiary/aromatic N) is 1. The van der Waals surface area contributed by atoms with Gasteiger partial charge in [-0.2, -0.15) is 0 Å². The number of amides is 1. The second-order valence-electron chi connectivity index (χ2n) is 5.14. The zero-order valence-corrected chi connectivity index (χ0v) is 12.3. The Hall–Kier alpha value is -1.90. The molecule has 1 fully saturated rings. The summed E-state index contributed by atoms with van der Waals surface area (Å²) < 4.78 is 5.35. The number of carbonyl (C=O) groups is 1. The van der Waals surface area contributed by atoms with Crippen molar-refractivity contribution in [3.05, 3.63) is 29.6 Å². The predicted octanol–water partition coefficient (Wildman–Crippen LogP) is 0.937. The van der Waals surface area contributed by atoms with E-state index in [-0.39, 0.29) is 18.5 Å². The van der Waals surface area contributed by atoms with Crippen molar-refractivity contribution in [2.75, 3.05) is 19.8 Å². The van der Waals surface area contributed by atoms with Gasteiger partial charge < -0.3 is 15.8 Å². The van der Waals surface area contributed by atoms with E-state index >= 15 is 0 Å². The lowest BCUT2D eigenvalue weighted by Gasteiger charge is -2.28. The van der Waals surface area contributed by atoms with Gasteiger partial charge >= 0.3 is 0 Å². The zero-order chi connectivity index (χ0) is 15.1. The van der Waals surface area contributed by atoms with E-state index in [1.54, 1.807) is 18.5 Å². The van der Waals surface area contributed by atoms with E-state index in [1.807, 2.05) is 6.92 Å². The molecule has 1 aliphatic heterocycles. The third-order valence-corrected chi connectivity index (χ3v) is 3.72. The Morgan fingerprint density at radius 1 is 1.57 bits per heavy atom. The number of carbonyl (C=O) groups excluding carboxylic acids is 1. The molecule has 1 saturated heterocycles. The summed E-state index contributed by atoms with van der Waals surface area (Å²) in [5, 5.41) is 3.06. The van der Waals surface area contributed by atoms with Crippen LogP contribution in [0.15, 0.2) is 18.5 Å². The highest BCUT2D eigenvalue weighted by atomic mass is 16.5. The highest BCUT2D eigenvalue weighted by Gasteiger charge is 2.22. The summed E-state index contributed by atoms with van der Waals surface area (Å²) in [5.74, 6) is 5.99. The lowest BCUT2D eigenvalue weighted by molar-refractivity contribution is 0.0538. The minimum Gasteiger partial charge on any atom is -0.381 e. The van der Waals surface area contributed by atoms with Crippen molar-refractivity contribution in [1.29, 1.82) is 0 Å². The van der Waals surface area contributed by atoms with E-state index in [0.29, 0.717) is 17.0 Å². The lowest BCUT2D eigenvalue weighted by Crippen LogP contribution is -2.40. The first-order valence-corrected chi connectivity index (χ1v) is 7.24. The van der Waals surface area contributed by atoms with Crippen LogP contribution in [0.3, 0.4) is 0 Å². The van der Waals surface area contributed by atoms with Crippen LogP contribution < -0.4 is 11.1 Å². The van der Waals surface area contributed by atoms with Crippen molar-refractivity contribution in [2.24, 2.45) is 11.7 Å². The molecule has 0 saturated carbocycles. The fourth-order valence-corrected chi connectivity index (χ4v) is 2.46. The SMILES string of the molecule is CC(NC(=O)c1ccncc1C#CCN)C1CCOCC1. The number of pyridine rings is 1. The van der Waals surface area contributed by atoms with Crippen LogP contribution >= 0.6 is 0 Å². The van der Waals surface area contributed by atoms with Crippen LogP contribution in [-0.2, 0) is 4.74 Å². The monoisotopic (exact) mass is 287 g/mol. The molecule has 0 radical (unpaired) electrons. The molecule has 1 aliphatic rings. The van der Waals surface area contributed by atoms with E-state index in [9.17, 15) is 4.79 Å². The van der Waals surface area contributed by atoms with Gasteiger partial charge in [-0.1, -0.05) is 11.8 Å². The average Bonchev–Trinajstić information content (AvgIpc) is 2.54. The van der Waals surface area contributed by atoms with Crippen LogP contribution in [0.25, 0.3) is 0 Å². The van der Waals surface area contributed by atoms with Crippen molar-refractivity contribution in [3.63, 3.8) is 0 Å². The molecule has 5 nitrogen and oxygen atoms in total. The minimum absolute atomic E-state index is 0.113. The van der Waals surface area contributed by atoms with E-state index in [1.165, 1.54) is 0 Å². The molecule has 2 heterocycles. The molecular formula is C16H21N3O2. The minimum atomic E-state index is -0.113. The maximum atomic E-state index is 12.4. The van der Waals surface area contributed by atoms with Crippen LogP contribution in [0.1, 0.15) is 35.7 Å². The van der Waals surface area contributed by atoms with Gasteiger partial charge in [0, 0.05) is 31.6 Å². The van der Waals surface area contributed by atoms with Crippen molar-refractivity contribution in [3.8, 4) is 11.8 Å². The van der Waals surface area contributed by atoms with Gasteiger partial charge in [-0.3, -0.25) is 9.78 Å². The van der Waals surface area contributed by atoms with Gasteiger partial charge in [0.1, 0.15) is 0 Å². The summed E-state index contributed by atoms with van der Waals surface area (Å²) in [6, 6.07) is 1.80. The topological polar surface area (TPSA) is 77.2 Å². The van der Waals surface area contributed by atoms with Gasteiger partial charge in [-0.05, 0) is 31.7 Å². The number of hydrogen-bond donors (Lipinski definition) is 2. The Labute approximate surface area is 125 Å². The molecule has 1 atom stereocenters. The normalized spacial score (nSPS) is 16.7. The average molecular weight is 287 g/mol. The van der Waals surface area contributed by atoms with Gasteiger partial charge in [0.05, 0.1) is 17.7 Å². The second-order valence-corrected chi connectivity index (χ2v) is 5.14. The van der Waals surface area contributed by atoms with E-state index in [4.69, 9.17) is 10.5 Å². The predicted molar refractivity (Wildman–Crippen MR) is 80.6 cm³/mol. The van der Waals surface area contributed by atoms with Crippen molar-refractivity contribution in [1.82, 2.24) is 10.3 Å². The Bertz CT molecular complexity index is 542. The Balaban J connectivity index is 2.05. The van der Waals surface area contributed by atoms with Gasteiger partial charge in [0.25, 0.3) is 5.91 Å². The summed E-state index contributed by atoms with van der Waals surface area (Å²) in [6.07, 6.45) is 5.16. The van der Waals surface area contributed by atoms with Crippen LogP contribution in [0.4, 0.5) is 0 Å². The third kappa shape index (κ3) is 4.28. The van der Waals surface area contributed by atoms with Crippen molar-refractivity contribution in [2.45, 2.75) is 25.8 Å². The summed E-state index contributed by atoms with van der Waals surface area (Å²) in [4.78, 5) is 16.4. The van der Waals surface area contributed by atoms with Crippen molar-refractivity contribution >= 4 is 5.91 Å². The number of hydrogen-bond acceptors (Lipinski definition) is 4. The molecule has 21 heavy (non-hydrogen) atoms. The number of nitrogens with one attached hydrogen (secondary N) is 1. The molecule has 0 spiro atoms. The fourth-order valence-electron chi connectivity index (χ4n) is 2.46. The molecule has 1 aromatic heterocycles. The van der Waals surface area contributed by atoms with Gasteiger partial charge in [-0.15, -0.1) is 0 Å². The Morgan fingerprint density at radius 2 is 2.33 bits per heavy atom. The maximum absolute atomic E-state index is 12.4. The number of nitrogens with two attached hydrogens (primary N) is 1. The Kier molecular flexibility index (Phi) is 5.73. The molecule has 3 N–H and O–H groups in total. The van der Waals surface area contributed by atoms with Crippen LogP contribution in [0, 0.1) is 17.8 Å². The molecule has 0 aromatic carbocycles. The smallest absolute Gasteiger partial charge is 0.252 e. The molecule has 112 valence electrons. The molecule has 0 bridgehead atoms.